The highest BCUT2D eigenvalue weighted by Gasteiger charge is 2.34. The molecule has 122 valence electrons. The Hall–Kier alpha value is -2.34. The van der Waals surface area contributed by atoms with E-state index in [4.69, 9.17) is 21.1 Å². The Kier molecular flexibility index (Phi) is 5.39. The van der Waals surface area contributed by atoms with Crippen LogP contribution < -0.4 is 4.90 Å². The number of hydrogen-bond acceptors (Lipinski definition) is 5. The molecule has 0 unspecified atom stereocenters. The zero-order valence-corrected chi connectivity index (χ0v) is 13.6. The van der Waals surface area contributed by atoms with E-state index in [1.165, 1.54) is 4.90 Å². The average molecular weight is 338 g/mol. The molecule has 1 heterocycles. The van der Waals surface area contributed by atoms with Gasteiger partial charge in [-0.1, -0.05) is 11.6 Å². The summed E-state index contributed by atoms with van der Waals surface area (Å²) in [6.45, 7) is 3.54. The second-order valence-electron chi connectivity index (χ2n) is 4.67. The quantitative estimate of drug-likeness (QED) is 0.608. The first kappa shape index (κ1) is 17.0. The van der Waals surface area contributed by atoms with Crippen LogP contribution in [0.5, 0.6) is 0 Å². The SMILES string of the molecule is CCOC(=O)/C=C1/C(=O)N(CC(=O)OCC)c2ccc(Cl)cc21. The lowest BCUT2D eigenvalue weighted by atomic mass is 10.1. The van der Waals surface area contributed by atoms with Crippen molar-refractivity contribution in [2.45, 2.75) is 13.8 Å². The van der Waals surface area contributed by atoms with Crippen LogP contribution in [0, 0.1) is 0 Å². The molecular formula is C16H16ClNO5. The smallest absolute Gasteiger partial charge is 0.331 e. The highest BCUT2D eigenvalue weighted by molar-refractivity contribution is 6.37. The van der Waals surface area contributed by atoms with E-state index in [-0.39, 0.29) is 25.3 Å². The molecule has 23 heavy (non-hydrogen) atoms. The van der Waals surface area contributed by atoms with Gasteiger partial charge in [0, 0.05) is 16.7 Å². The lowest BCUT2D eigenvalue weighted by molar-refractivity contribution is -0.142. The Bertz CT molecular complexity index is 683. The fraction of sp³-hybridized carbons (Fsp3) is 0.312. The lowest BCUT2D eigenvalue weighted by Gasteiger charge is -2.15. The number of anilines is 1. The number of rotatable bonds is 5. The number of amides is 1. The van der Waals surface area contributed by atoms with Gasteiger partial charge in [-0.05, 0) is 32.0 Å². The molecule has 6 nitrogen and oxygen atoms in total. The molecule has 0 bridgehead atoms. The van der Waals surface area contributed by atoms with Gasteiger partial charge < -0.3 is 9.47 Å². The van der Waals surface area contributed by atoms with Crippen LogP contribution in [0.1, 0.15) is 19.4 Å². The number of carbonyl (C=O) groups is 3. The molecular weight excluding hydrogens is 322 g/mol. The Labute approximate surface area is 138 Å². The number of benzene rings is 1. The molecule has 1 aromatic carbocycles. The molecule has 1 aliphatic rings. The van der Waals surface area contributed by atoms with Crippen molar-refractivity contribution in [3.05, 3.63) is 34.9 Å². The molecule has 0 saturated heterocycles. The molecule has 7 heteroatoms. The second kappa shape index (κ2) is 7.28. The summed E-state index contributed by atoms with van der Waals surface area (Å²) < 4.78 is 9.72. The van der Waals surface area contributed by atoms with Gasteiger partial charge in [0.15, 0.2) is 0 Å². The molecule has 0 aromatic heterocycles. The zero-order chi connectivity index (χ0) is 17.0. The minimum atomic E-state index is -0.625. The van der Waals surface area contributed by atoms with E-state index in [0.717, 1.165) is 6.08 Å². The lowest BCUT2D eigenvalue weighted by Crippen LogP contribution is -2.33. The van der Waals surface area contributed by atoms with E-state index in [1.807, 2.05) is 0 Å². The van der Waals surface area contributed by atoms with Crippen molar-refractivity contribution in [1.29, 1.82) is 0 Å². The van der Waals surface area contributed by atoms with E-state index in [2.05, 4.69) is 0 Å². The number of carbonyl (C=O) groups excluding carboxylic acids is 3. The number of esters is 2. The van der Waals surface area contributed by atoms with Crippen LogP contribution in [0.3, 0.4) is 0 Å². The largest absolute Gasteiger partial charge is 0.465 e. The van der Waals surface area contributed by atoms with Crippen LogP contribution in [-0.2, 0) is 23.9 Å². The molecule has 0 radical (unpaired) electrons. The van der Waals surface area contributed by atoms with Crippen LogP contribution in [0.15, 0.2) is 24.3 Å². The summed E-state index contributed by atoms with van der Waals surface area (Å²) in [6, 6.07) is 4.81. The van der Waals surface area contributed by atoms with Crippen molar-refractivity contribution in [3.8, 4) is 0 Å². The Morgan fingerprint density at radius 2 is 1.91 bits per heavy atom. The van der Waals surface area contributed by atoms with E-state index < -0.39 is 17.8 Å². The minimum absolute atomic E-state index is 0.144. The predicted molar refractivity (Wildman–Crippen MR) is 85.0 cm³/mol. The maximum Gasteiger partial charge on any atom is 0.331 e. The highest BCUT2D eigenvalue weighted by atomic mass is 35.5. The van der Waals surface area contributed by atoms with Crippen LogP contribution in [-0.4, -0.2) is 37.6 Å². The van der Waals surface area contributed by atoms with E-state index in [0.29, 0.717) is 16.3 Å². The fourth-order valence-corrected chi connectivity index (χ4v) is 2.44. The van der Waals surface area contributed by atoms with E-state index in [9.17, 15) is 14.4 Å². The van der Waals surface area contributed by atoms with Crippen molar-refractivity contribution in [2.24, 2.45) is 0 Å². The number of fused-ring (bicyclic) bond motifs is 1. The molecule has 0 saturated carbocycles. The first-order valence-corrected chi connectivity index (χ1v) is 7.51. The van der Waals surface area contributed by atoms with E-state index >= 15 is 0 Å². The van der Waals surface area contributed by atoms with Crippen LogP contribution >= 0.6 is 11.6 Å². The summed E-state index contributed by atoms with van der Waals surface area (Å²) in [5.74, 6) is -1.62. The first-order valence-electron chi connectivity index (χ1n) is 7.13. The molecule has 2 rings (SSSR count). The maximum atomic E-state index is 12.6. The van der Waals surface area contributed by atoms with Crippen LogP contribution in [0.4, 0.5) is 5.69 Å². The monoisotopic (exact) mass is 337 g/mol. The van der Waals surface area contributed by atoms with Gasteiger partial charge in [-0.15, -0.1) is 0 Å². The Balaban J connectivity index is 2.40. The summed E-state index contributed by atoms with van der Waals surface area (Å²) in [5, 5.41) is 0.421. The predicted octanol–water partition coefficient (Wildman–Crippen LogP) is 2.20. The van der Waals surface area contributed by atoms with Crippen molar-refractivity contribution in [1.82, 2.24) is 0 Å². The van der Waals surface area contributed by atoms with Gasteiger partial charge in [-0.25, -0.2) is 4.79 Å². The number of halogens is 1. The summed E-state index contributed by atoms with van der Waals surface area (Å²) in [7, 11) is 0. The number of hydrogen-bond donors (Lipinski definition) is 0. The molecule has 0 aliphatic carbocycles. The fourth-order valence-electron chi connectivity index (χ4n) is 2.26. The Morgan fingerprint density at radius 1 is 1.22 bits per heavy atom. The van der Waals surface area contributed by atoms with E-state index in [1.54, 1.807) is 32.0 Å². The maximum absolute atomic E-state index is 12.6. The molecule has 0 atom stereocenters. The van der Waals surface area contributed by atoms with Crippen molar-refractivity contribution in [2.75, 3.05) is 24.7 Å². The molecule has 1 aliphatic heterocycles. The second-order valence-corrected chi connectivity index (χ2v) is 5.10. The summed E-state index contributed by atoms with van der Waals surface area (Å²) >= 11 is 5.97. The molecule has 1 amide bonds. The third-order valence-electron chi connectivity index (χ3n) is 3.16. The molecule has 0 spiro atoms. The van der Waals surface area contributed by atoms with Crippen molar-refractivity contribution in [3.63, 3.8) is 0 Å². The zero-order valence-electron chi connectivity index (χ0n) is 12.8. The average Bonchev–Trinajstić information content (AvgIpc) is 2.73. The third-order valence-corrected chi connectivity index (χ3v) is 3.39. The van der Waals surface area contributed by atoms with Gasteiger partial charge in [0.1, 0.15) is 6.54 Å². The topological polar surface area (TPSA) is 72.9 Å². The highest BCUT2D eigenvalue weighted by Crippen LogP contribution is 2.38. The Morgan fingerprint density at radius 3 is 2.57 bits per heavy atom. The van der Waals surface area contributed by atoms with Crippen molar-refractivity contribution >= 4 is 40.7 Å². The van der Waals surface area contributed by atoms with Gasteiger partial charge in [-0.3, -0.25) is 14.5 Å². The van der Waals surface area contributed by atoms with Crippen LogP contribution in [0.2, 0.25) is 5.02 Å². The molecule has 1 aromatic rings. The first-order chi connectivity index (χ1) is 11.0. The number of nitrogens with zero attached hydrogens (tertiary/aromatic N) is 1. The van der Waals surface area contributed by atoms with Crippen LogP contribution in [0.25, 0.3) is 5.57 Å². The standard InChI is InChI=1S/C16H16ClNO5/c1-3-22-14(19)8-12-11-7-10(17)5-6-13(11)18(16(12)21)9-15(20)23-4-2/h5-8H,3-4,9H2,1-2H3/b12-8+. The number of ether oxygens (including phenoxy) is 2. The molecule has 0 N–H and O–H groups in total. The summed E-state index contributed by atoms with van der Waals surface area (Å²) in [4.78, 5) is 37.2. The van der Waals surface area contributed by atoms with Crippen molar-refractivity contribution < 1.29 is 23.9 Å². The van der Waals surface area contributed by atoms with Gasteiger partial charge in [0.2, 0.25) is 0 Å². The van der Waals surface area contributed by atoms with Gasteiger partial charge in [0.25, 0.3) is 5.91 Å². The third kappa shape index (κ3) is 3.71. The molecule has 0 fully saturated rings. The van der Waals surface area contributed by atoms with Gasteiger partial charge >= 0.3 is 11.9 Å². The normalized spacial score (nSPS) is 14.8. The minimum Gasteiger partial charge on any atom is -0.465 e. The van der Waals surface area contributed by atoms with Gasteiger partial charge in [-0.2, -0.15) is 0 Å². The summed E-state index contributed by atoms with van der Waals surface area (Å²) in [6.07, 6.45) is 1.12. The van der Waals surface area contributed by atoms with Gasteiger partial charge in [0.05, 0.1) is 24.5 Å². The summed E-state index contributed by atoms with van der Waals surface area (Å²) in [5.41, 5.74) is 1.13.